The normalized spacial score (nSPS) is 14.9. The average molecular weight is 368 g/mol. The van der Waals surface area contributed by atoms with Crippen molar-refractivity contribution in [3.05, 3.63) is 59.2 Å². The van der Waals surface area contributed by atoms with E-state index >= 15 is 0 Å². The van der Waals surface area contributed by atoms with Gasteiger partial charge in [-0.3, -0.25) is 9.69 Å². The monoisotopic (exact) mass is 368 g/mol. The predicted molar refractivity (Wildman–Crippen MR) is 107 cm³/mol. The highest BCUT2D eigenvalue weighted by Crippen LogP contribution is 2.24. The van der Waals surface area contributed by atoms with Crippen LogP contribution in [0.5, 0.6) is 11.5 Å². The molecule has 27 heavy (non-hydrogen) atoms. The Hall–Kier alpha value is -2.53. The third-order valence-electron chi connectivity index (χ3n) is 5.10. The van der Waals surface area contributed by atoms with Crippen molar-refractivity contribution in [3.63, 3.8) is 0 Å². The molecular formula is C22H28N2O3. The molecule has 0 radical (unpaired) electrons. The molecule has 5 nitrogen and oxygen atoms in total. The lowest BCUT2D eigenvalue weighted by Crippen LogP contribution is -2.48. The SMILES string of the molecule is CCc1ccc(CN2CCN(C(=O)c3cc(OC)cc(OC)c3)CC2)cc1. The van der Waals surface area contributed by atoms with Crippen LogP contribution in [-0.4, -0.2) is 56.1 Å². The van der Waals surface area contributed by atoms with E-state index in [4.69, 9.17) is 9.47 Å². The molecule has 1 amide bonds. The number of hydrogen-bond donors (Lipinski definition) is 0. The molecule has 0 bridgehead atoms. The zero-order chi connectivity index (χ0) is 19.2. The van der Waals surface area contributed by atoms with E-state index in [1.165, 1.54) is 11.1 Å². The lowest BCUT2D eigenvalue weighted by molar-refractivity contribution is 0.0627. The molecule has 2 aromatic carbocycles. The van der Waals surface area contributed by atoms with Gasteiger partial charge in [-0.15, -0.1) is 0 Å². The van der Waals surface area contributed by atoms with Gasteiger partial charge in [0.15, 0.2) is 0 Å². The summed E-state index contributed by atoms with van der Waals surface area (Å²) < 4.78 is 10.6. The van der Waals surface area contributed by atoms with E-state index in [0.717, 1.165) is 39.1 Å². The van der Waals surface area contributed by atoms with Crippen LogP contribution < -0.4 is 9.47 Å². The van der Waals surface area contributed by atoms with Crippen LogP contribution in [0.4, 0.5) is 0 Å². The quantitative estimate of drug-likeness (QED) is 0.785. The number of methoxy groups -OCH3 is 2. The summed E-state index contributed by atoms with van der Waals surface area (Å²) in [7, 11) is 3.18. The summed E-state index contributed by atoms with van der Waals surface area (Å²) in [6.45, 7) is 6.31. The molecule has 0 N–H and O–H groups in total. The fraction of sp³-hybridized carbons (Fsp3) is 0.409. The molecule has 0 spiro atoms. The summed E-state index contributed by atoms with van der Waals surface area (Å²) in [5.74, 6) is 1.29. The van der Waals surface area contributed by atoms with Gasteiger partial charge in [-0.05, 0) is 29.7 Å². The van der Waals surface area contributed by atoms with Gasteiger partial charge in [0.25, 0.3) is 5.91 Å². The van der Waals surface area contributed by atoms with Gasteiger partial charge in [0, 0.05) is 44.4 Å². The Morgan fingerprint density at radius 2 is 1.44 bits per heavy atom. The van der Waals surface area contributed by atoms with Crippen molar-refractivity contribution >= 4 is 5.91 Å². The number of nitrogens with zero attached hydrogens (tertiary/aromatic N) is 2. The third kappa shape index (κ3) is 4.80. The number of carbonyl (C=O) groups is 1. The molecule has 0 unspecified atom stereocenters. The number of rotatable bonds is 6. The fourth-order valence-corrected chi connectivity index (χ4v) is 3.36. The molecule has 1 fully saturated rings. The number of carbonyl (C=O) groups excluding carboxylic acids is 1. The van der Waals surface area contributed by atoms with Gasteiger partial charge < -0.3 is 14.4 Å². The van der Waals surface area contributed by atoms with Crippen molar-refractivity contribution in [2.45, 2.75) is 19.9 Å². The molecule has 1 saturated heterocycles. The average Bonchev–Trinajstić information content (AvgIpc) is 2.74. The Bertz CT molecular complexity index is 743. The molecule has 0 saturated carbocycles. The first kappa shape index (κ1) is 19.2. The van der Waals surface area contributed by atoms with Crippen LogP contribution in [0.1, 0.15) is 28.4 Å². The Balaban J connectivity index is 1.59. The summed E-state index contributed by atoms with van der Waals surface area (Å²) >= 11 is 0. The van der Waals surface area contributed by atoms with Crippen LogP contribution in [0.3, 0.4) is 0 Å². The second kappa shape index (κ2) is 8.91. The van der Waals surface area contributed by atoms with Crippen molar-refractivity contribution < 1.29 is 14.3 Å². The van der Waals surface area contributed by atoms with Crippen LogP contribution in [0, 0.1) is 0 Å². The highest BCUT2D eigenvalue weighted by molar-refractivity contribution is 5.95. The highest BCUT2D eigenvalue weighted by Gasteiger charge is 2.23. The first-order chi connectivity index (χ1) is 13.1. The fourth-order valence-electron chi connectivity index (χ4n) is 3.36. The maximum atomic E-state index is 12.9. The maximum absolute atomic E-state index is 12.9. The van der Waals surface area contributed by atoms with Crippen LogP contribution in [0.2, 0.25) is 0 Å². The smallest absolute Gasteiger partial charge is 0.254 e. The van der Waals surface area contributed by atoms with E-state index < -0.39 is 0 Å². The molecule has 1 aliphatic heterocycles. The first-order valence-corrected chi connectivity index (χ1v) is 9.45. The molecule has 0 aliphatic carbocycles. The van der Waals surface area contributed by atoms with Gasteiger partial charge in [0.1, 0.15) is 11.5 Å². The lowest BCUT2D eigenvalue weighted by atomic mass is 10.1. The van der Waals surface area contributed by atoms with E-state index in [1.54, 1.807) is 32.4 Å². The number of aryl methyl sites for hydroxylation is 1. The minimum Gasteiger partial charge on any atom is -0.497 e. The second-order valence-corrected chi connectivity index (χ2v) is 6.84. The van der Waals surface area contributed by atoms with E-state index in [9.17, 15) is 4.79 Å². The zero-order valence-corrected chi connectivity index (χ0v) is 16.4. The van der Waals surface area contributed by atoms with Crippen molar-refractivity contribution in [1.29, 1.82) is 0 Å². The van der Waals surface area contributed by atoms with E-state index in [-0.39, 0.29) is 5.91 Å². The topological polar surface area (TPSA) is 42.0 Å². The van der Waals surface area contributed by atoms with Gasteiger partial charge in [-0.2, -0.15) is 0 Å². The van der Waals surface area contributed by atoms with Crippen LogP contribution in [0.15, 0.2) is 42.5 Å². The van der Waals surface area contributed by atoms with Crippen LogP contribution in [-0.2, 0) is 13.0 Å². The zero-order valence-electron chi connectivity index (χ0n) is 16.4. The number of ether oxygens (including phenoxy) is 2. The molecule has 0 atom stereocenters. The summed E-state index contributed by atoms with van der Waals surface area (Å²) in [6, 6.07) is 14.1. The van der Waals surface area contributed by atoms with Gasteiger partial charge in [0.2, 0.25) is 0 Å². The minimum atomic E-state index is 0.0270. The van der Waals surface area contributed by atoms with Crippen molar-refractivity contribution in [2.24, 2.45) is 0 Å². The van der Waals surface area contributed by atoms with Crippen molar-refractivity contribution in [1.82, 2.24) is 9.80 Å². The van der Waals surface area contributed by atoms with E-state index in [0.29, 0.717) is 17.1 Å². The first-order valence-electron chi connectivity index (χ1n) is 9.45. The Morgan fingerprint density at radius 3 is 1.96 bits per heavy atom. The maximum Gasteiger partial charge on any atom is 0.254 e. The standard InChI is InChI=1S/C22H28N2O3/c1-4-17-5-7-18(8-6-17)16-23-9-11-24(12-10-23)22(25)19-13-20(26-2)15-21(14-19)27-3/h5-8,13-15H,4,9-12,16H2,1-3H3. The molecule has 5 heteroatoms. The number of hydrogen-bond acceptors (Lipinski definition) is 4. The molecule has 2 aromatic rings. The summed E-state index contributed by atoms with van der Waals surface area (Å²) in [6.07, 6.45) is 1.07. The second-order valence-electron chi connectivity index (χ2n) is 6.84. The molecule has 1 heterocycles. The predicted octanol–water partition coefficient (Wildman–Crippen LogP) is 3.22. The van der Waals surface area contributed by atoms with E-state index in [1.807, 2.05) is 4.90 Å². The van der Waals surface area contributed by atoms with Gasteiger partial charge in [-0.1, -0.05) is 31.2 Å². The van der Waals surface area contributed by atoms with Gasteiger partial charge in [0.05, 0.1) is 14.2 Å². The summed E-state index contributed by atoms with van der Waals surface area (Å²) in [5, 5.41) is 0. The largest absolute Gasteiger partial charge is 0.497 e. The van der Waals surface area contributed by atoms with Crippen LogP contribution >= 0.6 is 0 Å². The molecule has 0 aromatic heterocycles. The molecule has 3 rings (SSSR count). The molecular weight excluding hydrogens is 340 g/mol. The summed E-state index contributed by atoms with van der Waals surface area (Å²) in [5.41, 5.74) is 3.29. The lowest BCUT2D eigenvalue weighted by Gasteiger charge is -2.35. The third-order valence-corrected chi connectivity index (χ3v) is 5.10. The molecule has 1 aliphatic rings. The Labute approximate surface area is 161 Å². The van der Waals surface area contributed by atoms with E-state index in [2.05, 4.69) is 36.1 Å². The van der Waals surface area contributed by atoms with Gasteiger partial charge in [-0.25, -0.2) is 0 Å². The molecule has 144 valence electrons. The van der Waals surface area contributed by atoms with Gasteiger partial charge >= 0.3 is 0 Å². The summed E-state index contributed by atoms with van der Waals surface area (Å²) in [4.78, 5) is 17.2. The Kier molecular flexibility index (Phi) is 6.35. The Morgan fingerprint density at radius 1 is 0.889 bits per heavy atom. The van der Waals surface area contributed by atoms with Crippen molar-refractivity contribution in [3.8, 4) is 11.5 Å². The van der Waals surface area contributed by atoms with Crippen LogP contribution in [0.25, 0.3) is 0 Å². The number of benzene rings is 2. The highest BCUT2D eigenvalue weighted by atomic mass is 16.5. The number of piperazine rings is 1. The minimum absolute atomic E-state index is 0.0270. The van der Waals surface area contributed by atoms with Crippen molar-refractivity contribution in [2.75, 3.05) is 40.4 Å². The number of amides is 1.